The van der Waals surface area contributed by atoms with Crippen LogP contribution < -0.4 is 5.32 Å². The van der Waals surface area contributed by atoms with E-state index >= 15 is 0 Å². The average molecular weight is 364 g/mol. The smallest absolute Gasteiger partial charge is 0.330 e. The maximum Gasteiger partial charge on any atom is 0.330 e. The van der Waals surface area contributed by atoms with Crippen LogP contribution in [0.15, 0.2) is 15.9 Å². The Morgan fingerprint density at radius 1 is 1.47 bits per heavy atom. The molecule has 0 aromatic carbocycles. The van der Waals surface area contributed by atoms with Crippen LogP contribution in [-0.4, -0.2) is 38.7 Å². The molecule has 0 aliphatic heterocycles. The molecule has 19 heavy (non-hydrogen) atoms. The Balaban J connectivity index is 2.40. The second-order valence-corrected chi connectivity index (χ2v) is 5.81. The van der Waals surface area contributed by atoms with Gasteiger partial charge in [0.15, 0.2) is 0 Å². The fourth-order valence-corrected chi connectivity index (χ4v) is 2.93. The van der Waals surface area contributed by atoms with Crippen LogP contribution in [0, 0.1) is 0 Å². The SMILES string of the molecule is CNC(COCC(F)(F)C(F)F)Cc1sccc1Br. The molecule has 1 rings (SSSR count). The number of nitrogens with one attached hydrogen (secondary N) is 1. The predicted octanol–water partition coefficient (Wildman–Crippen LogP) is 3.56. The van der Waals surface area contributed by atoms with Gasteiger partial charge in [-0.2, -0.15) is 8.78 Å². The van der Waals surface area contributed by atoms with Gasteiger partial charge in [-0.05, 0) is 34.4 Å². The van der Waals surface area contributed by atoms with Crippen LogP contribution in [0.3, 0.4) is 0 Å². The Morgan fingerprint density at radius 3 is 2.63 bits per heavy atom. The van der Waals surface area contributed by atoms with E-state index in [9.17, 15) is 17.6 Å². The fourth-order valence-electron chi connectivity index (χ4n) is 1.34. The average Bonchev–Trinajstić information content (AvgIpc) is 2.73. The molecular weight excluding hydrogens is 350 g/mol. The van der Waals surface area contributed by atoms with Crippen molar-refractivity contribution in [3.8, 4) is 0 Å². The summed E-state index contributed by atoms with van der Waals surface area (Å²) in [6.45, 7) is -1.32. The second kappa shape index (κ2) is 7.56. The predicted molar refractivity (Wildman–Crippen MR) is 70.3 cm³/mol. The van der Waals surface area contributed by atoms with Crippen molar-refractivity contribution in [3.05, 3.63) is 20.8 Å². The van der Waals surface area contributed by atoms with Gasteiger partial charge in [-0.15, -0.1) is 11.3 Å². The number of hydrogen-bond donors (Lipinski definition) is 1. The molecule has 1 heterocycles. The number of alkyl halides is 4. The molecule has 110 valence electrons. The molecule has 1 N–H and O–H groups in total. The number of likely N-dealkylation sites (N-methyl/N-ethyl adjacent to an activating group) is 1. The lowest BCUT2D eigenvalue weighted by Crippen LogP contribution is -2.37. The molecule has 0 saturated carbocycles. The van der Waals surface area contributed by atoms with Gasteiger partial charge in [0.05, 0.1) is 6.61 Å². The molecule has 0 radical (unpaired) electrons. The van der Waals surface area contributed by atoms with Crippen molar-refractivity contribution < 1.29 is 22.3 Å². The molecule has 8 heteroatoms. The normalized spacial score (nSPS) is 14.1. The minimum atomic E-state index is -4.10. The molecule has 0 aliphatic rings. The summed E-state index contributed by atoms with van der Waals surface area (Å²) in [6, 6.07) is 1.68. The van der Waals surface area contributed by atoms with Crippen LogP contribution in [-0.2, 0) is 11.2 Å². The number of ether oxygens (including phenoxy) is 1. The molecule has 0 amide bonds. The van der Waals surface area contributed by atoms with Crippen LogP contribution in [0.2, 0.25) is 0 Å². The number of hydrogen-bond acceptors (Lipinski definition) is 3. The highest BCUT2D eigenvalue weighted by atomic mass is 79.9. The van der Waals surface area contributed by atoms with E-state index in [1.807, 2.05) is 11.4 Å². The third-order valence-electron chi connectivity index (χ3n) is 2.46. The number of thiophene rings is 1. The maximum atomic E-state index is 12.6. The van der Waals surface area contributed by atoms with E-state index in [0.717, 1.165) is 9.35 Å². The topological polar surface area (TPSA) is 21.3 Å². The maximum absolute atomic E-state index is 12.6. The Kier molecular flexibility index (Phi) is 6.72. The lowest BCUT2D eigenvalue weighted by Gasteiger charge is -2.19. The van der Waals surface area contributed by atoms with Crippen molar-refractivity contribution in [2.75, 3.05) is 20.3 Å². The minimum Gasteiger partial charge on any atom is -0.373 e. The second-order valence-electron chi connectivity index (χ2n) is 3.96. The van der Waals surface area contributed by atoms with E-state index in [-0.39, 0.29) is 12.6 Å². The highest BCUT2D eigenvalue weighted by Crippen LogP contribution is 2.25. The Labute approximate surface area is 121 Å². The first-order valence-corrected chi connectivity index (χ1v) is 7.17. The first kappa shape index (κ1) is 16.9. The van der Waals surface area contributed by atoms with Gasteiger partial charge in [-0.1, -0.05) is 0 Å². The molecule has 1 unspecified atom stereocenters. The standard InChI is InChI=1S/C11H14BrF4NOS/c1-17-7(4-9-8(12)2-3-19-9)5-18-6-11(15,16)10(13)14/h2-3,7,10,17H,4-6H2,1H3. The fraction of sp³-hybridized carbons (Fsp3) is 0.636. The van der Waals surface area contributed by atoms with Crippen molar-refractivity contribution >= 4 is 27.3 Å². The number of rotatable bonds is 8. The van der Waals surface area contributed by atoms with E-state index in [1.165, 1.54) is 11.3 Å². The molecule has 0 bridgehead atoms. The molecule has 0 saturated heterocycles. The lowest BCUT2D eigenvalue weighted by atomic mass is 10.2. The van der Waals surface area contributed by atoms with E-state index < -0.39 is 19.0 Å². The zero-order valence-electron chi connectivity index (χ0n) is 10.1. The highest BCUT2D eigenvalue weighted by Gasteiger charge is 2.41. The third-order valence-corrected chi connectivity index (χ3v) is 4.41. The summed E-state index contributed by atoms with van der Waals surface area (Å²) < 4.78 is 54.8. The summed E-state index contributed by atoms with van der Waals surface area (Å²) in [7, 11) is 1.67. The van der Waals surface area contributed by atoms with Crippen molar-refractivity contribution in [1.29, 1.82) is 0 Å². The molecule has 0 aliphatic carbocycles. The first-order chi connectivity index (χ1) is 8.86. The molecule has 1 atom stereocenters. The molecule has 1 aromatic heterocycles. The zero-order chi connectivity index (χ0) is 14.5. The largest absolute Gasteiger partial charge is 0.373 e. The van der Waals surface area contributed by atoms with E-state index in [4.69, 9.17) is 4.74 Å². The van der Waals surface area contributed by atoms with Crippen LogP contribution in [0.4, 0.5) is 17.6 Å². The van der Waals surface area contributed by atoms with Crippen LogP contribution in [0.5, 0.6) is 0 Å². The molecule has 0 fully saturated rings. The molecule has 2 nitrogen and oxygen atoms in total. The van der Waals surface area contributed by atoms with E-state index in [0.29, 0.717) is 6.42 Å². The highest BCUT2D eigenvalue weighted by molar-refractivity contribution is 9.10. The van der Waals surface area contributed by atoms with Crippen molar-refractivity contribution in [3.63, 3.8) is 0 Å². The summed E-state index contributed by atoms with van der Waals surface area (Å²) in [5.41, 5.74) is 0. The summed E-state index contributed by atoms with van der Waals surface area (Å²) in [5, 5.41) is 4.81. The number of halogens is 5. The summed E-state index contributed by atoms with van der Waals surface area (Å²) in [5.74, 6) is -4.10. The Morgan fingerprint density at radius 2 is 2.16 bits per heavy atom. The van der Waals surface area contributed by atoms with Gasteiger partial charge in [-0.25, -0.2) is 8.78 Å². The van der Waals surface area contributed by atoms with Gasteiger partial charge in [0.25, 0.3) is 0 Å². The third kappa shape index (κ3) is 5.37. The molecular formula is C11H14BrF4NOS. The van der Waals surface area contributed by atoms with Gasteiger partial charge in [0.2, 0.25) is 0 Å². The van der Waals surface area contributed by atoms with Gasteiger partial charge < -0.3 is 10.1 Å². The van der Waals surface area contributed by atoms with Gasteiger partial charge in [0, 0.05) is 21.8 Å². The Hall–Kier alpha value is -0.180. The van der Waals surface area contributed by atoms with Crippen LogP contribution in [0.1, 0.15) is 4.88 Å². The summed E-state index contributed by atoms with van der Waals surface area (Å²) in [6.07, 6.45) is -3.12. The summed E-state index contributed by atoms with van der Waals surface area (Å²) in [4.78, 5) is 1.04. The van der Waals surface area contributed by atoms with Crippen molar-refractivity contribution in [2.24, 2.45) is 0 Å². The van der Waals surface area contributed by atoms with E-state index in [1.54, 1.807) is 7.05 Å². The Bertz CT molecular complexity index is 389. The zero-order valence-corrected chi connectivity index (χ0v) is 12.5. The van der Waals surface area contributed by atoms with Crippen LogP contribution in [0.25, 0.3) is 0 Å². The monoisotopic (exact) mass is 363 g/mol. The lowest BCUT2D eigenvalue weighted by molar-refractivity contribution is -0.166. The van der Waals surface area contributed by atoms with Gasteiger partial charge in [-0.3, -0.25) is 0 Å². The van der Waals surface area contributed by atoms with Crippen molar-refractivity contribution in [1.82, 2.24) is 5.32 Å². The van der Waals surface area contributed by atoms with Crippen LogP contribution >= 0.6 is 27.3 Å². The summed E-state index contributed by atoms with van der Waals surface area (Å²) >= 11 is 4.89. The minimum absolute atomic E-state index is 0.0524. The van der Waals surface area contributed by atoms with Crippen molar-refractivity contribution in [2.45, 2.75) is 24.8 Å². The molecule has 1 aromatic rings. The first-order valence-electron chi connectivity index (χ1n) is 5.49. The quantitative estimate of drug-likeness (QED) is 0.713. The molecule has 0 spiro atoms. The van der Waals surface area contributed by atoms with Gasteiger partial charge >= 0.3 is 12.3 Å². The van der Waals surface area contributed by atoms with Gasteiger partial charge in [0.1, 0.15) is 6.61 Å². The van der Waals surface area contributed by atoms with E-state index in [2.05, 4.69) is 21.2 Å².